The van der Waals surface area contributed by atoms with E-state index in [1.807, 2.05) is 24.3 Å². The van der Waals surface area contributed by atoms with Crippen molar-refractivity contribution in [1.29, 1.82) is 0 Å². The molecule has 5 rings (SSSR count). The summed E-state index contributed by atoms with van der Waals surface area (Å²) >= 11 is 1.65. The van der Waals surface area contributed by atoms with Crippen LogP contribution in [-0.4, -0.2) is 21.6 Å². The van der Waals surface area contributed by atoms with Crippen LogP contribution < -0.4 is 15.6 Å². The van der Waals surface area contributed by atoms with Gasteiger partial charge in [-0.15, -0.1) is 11.3 Å². The van der Waals surface area contributed by atoms with Crippen molar-refractivity contribution in [3.05, 3.63) is 51.4 Å². The molecule has 1 saturated carbocycles. The molecule has 0 saturated heterocycles. The minimum Gasteiger partial charge on any atom is -0.490 e. The Morgan fingerprint density at radius 2 is 1.90 bits per heavy atom. The number of carbonyl (C=O) groups excluding carboxylic acids is 1. The Labute approximate surface area is 185 Å². The summed E-state index contributed by atoms with van der Waals surface area (Å²) in [6, 6.07) is 7.52. The van der Waals surface area contributed by atoms with Crippen LogP contribution in [0.2, 0.25) is 0 Å². The molecule has 0 spiro atoms. The molecule has 162 valence electrons. The molecule has 2 heterocycles. The van der Waals surface area contributed by atoms with Gasteiger partial charge in [0.2, 0.25) is 5.91 Å². The van der Waals surface area contributed by atoms with Crippen LogP contribution in [0.5, 0.6) is 5.75 Å². The number of nitrogens with zero attached hydrogens (tertiary/aromatic N) is 2. The van der Waals surface area contributed by atoms with E-state index in [-0.39, 0.29) is 17.9 Å². The number of hydrogen-bond donors (Lipinski definition) is 1. The van der Waals surface area contributed by atoms with Gasteiger partial charge in [-0.1, -0.05) is 0 Å². The molecule has 0 bridgehead atoms. The lowest BCUT2D eigenvalue weighted by atomic mass is 9.97. The Morgan fingerprint density at radius 1 is 1.13 bits per heavy atom. The van der Waals surface area contributed by atoms with Gasteiger partial charge in [-0.3, -0.25) is 14.2 Å². The van der Waals surface area contributed by atoms with Gasteiger partial charge in [-0.25, -0.2) is 4.98 Å². The number of fused-ring (bicyclic) bond motifs is 3. The fourth-order valence-electron chi connectivity index (χ4n) is 4.60. The maximum absolute atomic E-state index is 13.0. The van der Waals surface area contributed by atoms with Gasteiger partial charge in [0.05, 0.1) is 17.8 Å². The Bertz CT molecular complexity index is 1140. The Balaban J connectivity index is 1.21. The molecule has 6 nitrogen and oxygen atoms in total. The number of anilines is 1. The molecule has 0 unspecified atom stereocenters. The second-order valence-electron chi connectivity index (χ2n) is 8.48. The molecule has 1 amide bonds. The van der Waals surface area contributed by atoms with E-state index in [9.17, 15) is 9.59 Å². The van der Waals surface area contributed by atoms with E-state index in [4.69, 9.17) is 4.74 Å². The van der Waals surface area contributed by atoms with E-state index >= 15 is 0 Å². The highest BCUT2D eigenvalue weighted by molar-refractivity contribution is 7.18. The number of carbonyl (C=O) groups is 1. The number of benzene rings is 1. The summed E-state index contributed by atoms with van der Waals surface area (Å²) in [4.78, 5) is 32.1. The second-order valence-corrected chi connectivity index (χ2v) is 9.56. The normalized spacial score (nSPS) is 16.4. The molecule has 1 N–H and O–H groups in total. The van der Waals surface area contributed by atoms with Crippen molar-refractivity contribution >= 4 is 33.1 Å². The summed E-state index contributed by atoms with van der Waals surface area (Å²) in [5, 5.41) is 3.67. The number of ether oxygens (including phenoxy) is 1. The Kier molecular flexibility index (Phi) is 5.76. The molecular weight excluding hydrogens is 410 g/mol. The van der Waals surface area contributed by atoms with Crippen LogP contribution in [-0.2, 0) is 24.2 Å². The minimum atomic E-state index is -0.121. The zero-order valence-electron chi connectivity index (χ0n) is 17.6. The number of aromatic nitrogens is 2. The first-order chi connectivity index (χ1) is 15.2. The number of rotatable bonds is 6. The maximum atomic E-state index is 13.0. The fourth-order valence-corrected chi connectivity index (χ4v) is 5.82. The first kappa shape index (κ1) is 20.2. The summed E-state index contributed by atoms with van der Waals surface area (Å²) in [6.45, 7) is 0.321. The highest BCUT2D eigenvalue weighted by atomic mass is 32.1. The third-order valence-electron chi connectivity index (χ3n) is 6.26. The average molecular weight is 438 g/mol. The van der Waals surface area contributed by atoms with Gasteiger partial charge >= 0.3 is 0 Å². The van der Waals surface area contributed by atoms with Crippen LogP contribution in [0, 0.1) is 0 Å². The van der Waals surface area contributed by atoms with Crippen LogP contribution in [0.25, 0.3) is 10.2 Å². The van der Waals surface area contributed by atoms with E-state index in [2.05, 4.69) is 10.3 Å². The fraction of sp³-hybridized carbons (Fsp3) is 0.458. The minimum absolute atomic E-state index is 0.0226. The van der Waals surface area contributed by atoms with Crippen molar-refractivity contribution < 1.29 is 9.53 Å². The number of hydrogen-bond acceptors (Lipinski definition) is 5. The number of thiophene rings is 1. The van der Waals surface area contributed by atoms with Gasteiger partial charge in [0, 0.05) is 23.5 Å². The average Bonchev–Trinajstić information content (AvgIpc) is 3.42. The third-order valence-corrected chi connectivity index (χ3v) is 7.46. The lowest BCUT2D eigenvalue weighted by Gasteiger charge is -2.13. The molecule has 1 fully saturated rings. The molecular formula is C24H27N3O3S. The van der Waals surface area contributed by atoms with E-state index < -0.39 is 0 Å². The number of aryl methyl sites for hydroxylation is 3. The zero-order valence-corrected chi connectivity index (χ0v) is 18.4. The quantitative estimate of drug-likeness (QED) is 0.607. The van der Waals surface area contributed by atoms with Crippen molar-refractivity contribution in [3.8, 4) is 5.75 Å². The van der Waals surface area contributed by atoms with Gasteiger partial charge in [-0.05, 0) is 81.2 Å². The van der Waals surface area contributed by atoms with Gasteiger partial charge in [0.1, 0.15) is 10.6 Å². The van der Waals surface area contributed by atoms with Crippen LogP contribution >= 0.6 is 11.3 Å². The summed E-state index contributed by atoms with van der Waals surface area (Å²) in [6.07, 6.45) is 11.1. The van der Waals surface area contributed by atoms with Gasteiger partial charge in [0.25, 0.3) is 5.56 Å². The summed E-state index contributed by atoms with van der Waals surface area (Å²) in [5.74, 6) is 0.721. The highest BCUT2D eigenvalue weighted by Gasteiger charge is 2.20. The molecule has 0 radical (unpaired) electrons. The first-order valence-electron chi connectivity index (χ1n) is 11.2. The predicted octanol–water partition coefficient (Wildman–Crippen LogP) is 4.69. The summed E-state index contributed by atoms with van der Waals surface area (Å²) in [7, 11) is 0. The van der Waals surface area contributed by atoms with Crippen LogP contribution in [0.3, 0.4) is 0 Å². The molecule has 7 heteroatoms. The van der Waals surface area contributed by atoms with Crippen molar-refractivity contribution in [2.75, 3.05) is 5.32 Å². The number of nitrogens with one attached hydrogen (secondary N) is 1. The maximum Gasteiger partial charge on any atom is 0.262 e. The summed E-state index contributed by atoms with van der Waals surface area (Å²) in [5.41, 5.74) is 1.89. The lowest BCUT2D eigenvalue weighted by Crippen LogP contribution is -2.24. The molecule has 2 aliphatic carbocycles. The standard InChI is InChI=1S/C24H27N3O3S/c28-21(26-16-9-11-18(12-10-16)30-17-5-1-2-6-17)13-14-27-15-25-23-22(24(27)29)19-7-3-4-8-20(19)31-23/h9-12,15,17H,1-8,13-14H2,(H,26,28). The van der Waals surface area contributed by atoms with Crippen LogP contribution in [0.1, 0.15) is 55.4 Å². The SMILES string of the molecule is O=C(CCn1cnc2sc3c(c2c1=O)CCCC3)Nc1ccc(OC2CCCC2)cc1. The van der Waals surface area contributed by atoms with Crippen molar-refractivity contribution in [1.82, 2.24) is 9.55 Å². The van der Waals surface area contributed by atoms with E-state index in [0.29, 0.717) is 12.6 Å². The van der Waals surface area contributed by atoms with Crippen molar-refractivity contribution in [3.63, 3.8) is 0 Å². The van der Waals surface area contributed by atoms with Crippen LogP contribution in [0.4, 0.5) is 5.69 Å². The highest BCUT2D eigenvalue weighted by Crippen LogP contribution is 2.33. The van der Waals surface area contributed by atoms with Gasteiger partial charge < -0.3 is 10.1 Å². The van der Waals surface area contributed by atoms with Crippen molar-refractivity contribution in [2.45, 2.75) is 70.4 Å². The monoisotopic (exact) mass is 437 g/mol. The smallest absolute Gasteiger partial charge is 0.262 e. The van der Waals surface area contributed by atoms with Gasteiger partial charge in [0.15, 0.2) is 0 Å². The van der Waals surface area contributed by atoms with Gasteiger partial charge in [-0.2, -0.15) is 0 Å². The van der Waals surface area contributed by atoms with Crippen molar-refractivity contribution in [2.24, 2.45) is 0 Å². The molecule has 2 aliphatic rings. The number of amides is 1. The first-order valence-corrected chi connectivity index (χ1v) is 12.1. The molecule has 2 aromatic heterocycles. The summed E-state index contributed by atoms with van der Waals surface area (Å²) < 4.78 is 7.54. The molecule has 0 aliphatic heterocycles. The Hall–Kier alpha value is -2.67. The Morgan fingerprint density at radius 3 is 2.71 bits per heavy atom. The van der Waals surface area contributed by atoms with E-state index in [1.165, 1.54) is 29.7 Å². The molecule has 1 aromatic carbocycles. The zero-order chi connectivity index (χ0) is 21.2. The van der Waals surface area contributed by atoms with E-state index in [1.54, 1.807) is 22.2 Å². The third kappa shape index (κ3) is 4.37. The lowest BCUT2D eigenvalue weighted by molar-refractivity contribution is -0.116. The van der Waals surface area contributed by atoms with E-state index in [0.717, 1.165) is 53.8 Å². The topological polar surface area (TPSA) is 73.2 Å². The molecule has 3 aromatic rings. The molecule has 0 atom stereocenters. The van der Waals surface area contributed by atoms with Crippen LogP contribution in [0.15, 0.2) is 35.4 Å². The second kappa shape index (κ2) is 8.83. The predicted molar refractivity (Wildman–Crippen MR) is 123 cm³/mol. The molecule has 31 heavy (non-hydrogen) atoms. The largest absolute Gasteiger partial charge is 0.490 e.